The second-order valence-corrected chi connectivity index (χ2v) is 12.3. The third kappa shape index (κ3) is 4.91. The number of aryl methyl sites for hydroxylation is 2. The van der Waals surface area contributed by atoms with Crippen molar-refractivity contribution in [2.45, 2.75) is 26.2 Å². The standard InChI is InChI=1S/C36H18F6N4S/c1-17-7-18(2)9-21(8-17)19-3-5-25-27(12-19)31(45-15-43)33-29(25)30-26-6-4-20(13-28(26)32(46-16-44)34(30)47-33)22-10-23(35(37,38)39)14-24(11-22)36(40,41)42/h3-14H,1-2H3. The van der Waals surface area contributed by atoms with Crippen LogP contribution in [0.3, 0.4) is 0 Å². The fourth-order valence-corrected chi connectivity index (χ4v) is 7.72. The smallest absolute Gasteiger partial charge is 0.172 e. The third-order valence-corrected chi connectivity index (χ3v) is 9.43. The van der Waals surface area contributed by atoms with E-state index in [0.29, 0.717) is 43.0 Å². The average molecular weight is 653 g/mol. The number of nitriles is 2. The Kier molecular flexibility index (Phi) is 6.74. The number of thiophene rings is 1. The Morgan fingerprint density at radius 1 is 0.532 bits per heavy atom. The summed E-state index contributed by atoms with van der Waals surface area (Å²) in [7, 11) is 0. The molecule has 0 aliphatic rings. The molecule has 0 N–H and O–H groups in total. The first-order valence-corrected chi connectivity index (χ1v) is 14.9. The Morgan fingerprint density at radius 2 is 0.957 bits per heavy atom. The molecule has 0 spiro atoms. The predicted molar refractivity (Wildman–Crippen MR) is 169 cm³/mol. The van der Waals surface area contributed by atoms with Crippen molar-refractivity contribution in [1.29, 1.82) is 10.5 Å². The van der Waals surface area contributed by atoms with Crippen molar-refractivity contribution < 1.29 is 26.3 Å². The molecule has 0 aliphatic heterocycles. The average Bonchev–Trinajstić information content (AvgIpc) is 3.62. The SMILES string of the molecule is Cc1cc(C)cc(-c2ccc3c(c2)c(=NC#N)c2sc4c(=NC#N)c5cc(-c6cc(C(F)(F)F)cc(C(F)(F)F)c6)ccc5c4c23)c1. The van der Waals surface area contributed by atoms with Crippen LogP contribution in [-0.4, -0.2) is 0 Å². The summed E-state index contributed by atoms with van der Waals surface area (Å²) in [5.74, 6) is 0. The molecule has 0 saturated carbocycles. The molecule has 230 valence electrons. The number of rotatable bonds is 2. The molecule has 0 atom stereocenters. The number of hydrogen-bond acceptors (Lipinski definition) is 5. The van der Waals surface area contributed by atoms with Gasteiger partial charge >= 0.3 is 12.4 Å². The Labute approximate surface area is 266 Å². The maximum absolute atomic E-state index is 13.6. The van der Waals surface area contributed by atoms with Gasteiger partial charge in [-0.05, 0) is 77.2 Å². The van der Waals surface area contributed by atoms with Gasteiger partial charge < -0.3 is 0 Å². The summed E-state index contributed by atoms with van der Waals surface area (Å²) in [4.78, 5) is 8.20. The zero-order valence-corrected chi connectivity index (χ0v) is 25.2. The summed E-state index contributed by atoms with van der Waals surface area (Å²) < 4.78 is 83.0. The van der Waals surface area contributed by atoms with Crippen molar-refractivity contribution in [3.63, 3.8) is 0 Å². The van der Waals surface area contributed by atoms with Crippen LogP contribution >= 0.6 is 11.3 Å². The van der Waals surface area contributed by atoms with Crippen LogP contribution in [0.2, 0.25) is 0 Å². The van der Waals surface area contributed by atoms with Crippen molar-refractivity contribution in [3.05, 3.63) is 106 Å². The van der Waals surface area contributed by atoms with Gasteiger partial charge in [0.1, 0.15) is 10.7 Å². The Morgan fingerprint density at radius 3 is 1.36 bits per heavy atom. The van der Waals surface area contributed by atoms with Gasteiger partial charge in [0.25, 0.3) is 0 Å². The zero-order chi connectivity index (χ0) is 33.4. The van der Waals surface area contributed by atoms with Crippen LogP contribution in [0.5, 0.6) is 0 Å². The van der Waals surface area contributed by atoms with Gasteiger partial charge in [-0.2, -0.15) is 46.9 Å². The number of hydrogen-bond donors (Lipinski definition) is 0. The molecular weight excluding hydrogens is 634 g/mol. The van der Waals surface area contributed by atoms with E-state index < -0.39 is 23.5 Å². The van der Waals surface area contributed by atoms with Gasteiger partial charge in [-0.15, -0.1) is 11.3 Å². The first-order valence-electron chi connectivity index (χ1n) is 14.1. The highest BCUT2D eigenvalue weighted by Crippen LogP contribution is 2.44. The normalized spacial score (nSPS) is 13.3. The van der Waals surface area contributed by atoms with Crippen LogP contribution in [0.25, 0.3) is 64.0 Å². The van der Waals surface area contributed by atoms with Gasteiger partial charge in [0.15, 0.2) is 0 Å². The zero-order valence-electron chi connectivity index (χ0n) is 24.4. The van der Waals surface area contributed by atoms with Crippen molar-refractivity contribution in [1.82, 2.24) is 0 Å². The molecule has 0 fully saturated rings. The molecule has 4 nitrogen and oxygen atoms in total. The number of benzene rings is 4. The molecule has 47 heavy (non-hydrogen) atoms. The number of nitrogens with zero attached hydrogens (tertiary/aromatic N) is 4. The largest absolute Gasteiger partial charge is 0.416 e. The van der Waals surface area contributed by atoms with E-state index in [1.54, 1.807) is 12.3 Å². The maximum atomic E-state index is 13.6. The summed E-state index contributed by atoms with van der Waals surface area (Å²) in [5.41, 5.74) is 1.11. The van der Waals surface area contributed by atoms with E-state index in [1.165, 1.54) is 23.5 Å². The van der Waals surface area contributed by atoms with Crippen LogP contribution in [0.15, 0.2) is 82.8 Å². The van der Waals surface area contributed by atoms with Crippen LogP contribution in [0.4, 0.5) is 26.3 Å². The second-order valence-electron chi connectivity index (χ2n) is 11.3. The van der Waals surface area contributed by atoms with Crippen LogP contribution in [-0.2, 0) is 12.4 Å². The number of alkyl halides is 6. The van der Waals surface area contributed by atoms with Crippen molar-refractivity contribution in [3.8, 4) is 34.6 Å². The highest BCUT2D eigenvalue weighted by atomic mass is 32.1. The first kappa shape index (κ1) is 30.2. The fraction of sp³-hybridized carbons (Fsp3) is 0.111. The summed E-state index contributed by atoms with van der Waals surface area (Å²) in [6.07, 6.45) is -6.33. The predicted octanol–water partition coefficient (Wildman–Crippen LogP) is 9.99. The molecule has 0 amide bonds. The number of halogens is 6. The van der Waals surface area contributed by atoms with Crippen molar-refractivity contribution >= 4 is 53.1 Å². The fourth-order valence-electron chi connectivity index (χ4n) is 6.38. The van der Waals surface area contributed by atoms with E-state index in [1.807, 2.05) is 38.2 Å². The van der Waals surface area contributed by atoms with E-state index in [-0.39, 0.29) is 22.6 Å². The van der Waals surface area contributed by atoms with Crippen LogP contribution in [0, 0.1) is 36.8 Å². The molecule has 6 aromatic carbocycles. The maximum Gasteiger partial charge on any atom is 0.416 e. The van der Waals surface area contributed by atoms with Crippen molar-refractivity contribution in [2.24, 2.45) is 9.98 Å². The molecule has 7 rings (SSSR count). The van der Waals surface area contributed by atoms with Gasteiger partial charge in [-0.25, -0.2) is 0 Å². The van der Waals surface area contributed by atoms with Crippen LogP contribution in [0.1, 0.15) is 22.3 Å². The summed E-state index contributed by atoms with van der Waals surface area (Å²) in [6, 6.07) is 18.1. The summed E-state index contributed by atoms with van der Waals surface area (Å²) in [6.45, 7) is 4.03. The van der Waals surface area contributed by atoms with Gasteiger partial charge in [0.2, 0.25) is 12.4 Å². The molecular formula is C36H18F6N4S. The molecule has 0 unspecified atom stereocenters. The minimum Gasteiger partial charge on any atom is -0.172 e. The molecule has 0 aliphatic carbocycles. The lowest BCUT2D eigenvalue weighted by atomic mass is 9.97. The summed E-state index contributed by atoms with van der Waals surface area (Å²) >= 11 is 1.28. The van der Waals surface area contributed by atoms with E-state index in [2.05, 4.69) is 28.2 Å². The minimum atomic E-state index is -5.00. The van der Waals surface area contributed by atoms with Gasteiger partial charge in [-0.3, -0.25) is 0 Å². The van der Waals surface area contributed by atoms with E-state index in [4.69, 9.17) is 0 Å². The highest BCUT2D eigenvalue weighted by Gasteiger charge is 2.37. The van der Waals surface area contributed by atoms with Crippen molar-refractivity contribution in [2.75, 3.05) is 0 Å². The highest BCUT2D eigenvalue weighted by molar-refractivity contribution is 7.26. The van der Waals surface area contributed by atoms with Crippen LogP contribution < -0.4 is 10.7 Å². The number of fused-ring (bicyclic) bond motifs is 7. The van der Waals surface area contributed by atoms with E-state index in [0.717, 1.165) is 38.4 Å². The molecule has 11 heteroatoms. The van der Waals surface area contributed by atoms with Gasteiger partial charge in [-0.1, -0.05) is 53.6 Å². The van der Waals surface area contributed by atoms with E-state index in [9.17, 15) is 36.9 Å². The molecule has 7 aromatic rings. The Bertz CT molecular complexity index is 2600. The van der Waals surface area contributed by atoms with Gasteiger partial charge in [0, 0.05) is 21.5 Å². The molecule has 1 aromatic heterocycles. The lowest BCUT2D eigenvalue weighted by Gasteiger charge is -2.14. The van der Waals surface area contributed by atoms with Gasteiger partial charge in [0.05, 0.1) is 20.5 Å². The monoisotopic (exact) mass is 652 g/mol. The molecule has 0 saturated heterocycles. The molecule has 1 heterocycles. The lowest BCUT2D eigenvalue weighted by Crippen LogP contribution is -2.11. The second kappa shape index (κ2) is 10.5. The first-order chi connectivity index (χ1) is 22.3. The molecule has 0 bridgehead atoms. The van der Waals surface area contributed by atoms with E-state index >= 15 is 0 Å². The molecule has 0 radical (unpaired) electrons. The quantitative estimate of drug-likeness (QED) is 0.138. The minimum absolute atomic E-state index is 0.0869. The lowest BCUT2D eigenvalue weighted by molar-refractivity contribution is -0.143. The Hall–Kier alpha value is -5.52. The Balaban J connectivity index is 1.53. The third-order valence-electron chi connectivity index (χ3n) is 8.23. The topological polar surface area (TPSA) is 72.3 Å². The summed E-state index contributed by atoms with van der Waals surface area (Å²) in [5, 5.41) is 24.0.